The van der Waals surface area contributed by atoms with Crippen LogP contribution in [0.3, 0.4) is 0 Å². The Morgan fingerprint density at radius 1 is 0.944 bits per heavy atom. The fourth-order valence-electron chi connectivity index (χ4n) is 1.58. The molecule has 0 nitrogen and oxygen atoms in total. The van der Waals surface area contributed by atoms with Gasteiger partial charge in [0.15, 0.2) is 11.6 Å². The van der Waals surface area contributed by atoms with E-state index in [1.807, 2.05) is 0 Å². The Bertz CT molecular complexity index is 567. The summed E-state index contributed by atoms with van der Waals surface area (Å²) in [4.78, 5) is 0. The van der Waals surface area contributed by atoms with E-state index in [1.165, 1.54) is 6.07 Å². The average Bonchev–Trinajstić information content (AvgIpc) is 2.30. The Labute approximate surface area is 122 Å². The normalized spacial score (nSPS) is 12.5. The fraction of sp³-hybridized carbons (Fsp3) is 0.0769. The van der Waals surface area contributed by atoms with Crippen LogP contribution in [-0.4, -0.2) is 0 Å². The predicted molar refractivity (Wildman–Crippen MR) is 73.2 cm³/mol. The molecule has 1 unspecified atom stereocenters. The van der Waals surface area contributed by atoms with Gasteiger partial charge >= 0.3 is 0 Å². The molecule has 0 heterocycles. The van der Waals surface area contributed by atoms with Crippen molar-refractivity contribution in [1.82, 2.24) is 0 Å². The molecule has 0 aromatic heterocycles. The summed E-state index contributed by atoms with van der Waals surface area (Å²) in [5, 5.41) is -0.0669. The third-order valence-electron chi connectivity index (χ3n) is 2.41. The molecule has 2 aromatic rings. The molecule has 2 rings (SSSR count). The number of rotatable bonds is 2. The highest BCUT2D eigenvalue weighted by Crippen LogP contribution is 2.33. The van der Waals surface area contributed by atoms with Crippen LogP contribution in [0.1, 0.15) is 16.5 Å². The zero-order valence-electron chi connectivity index (χ0n) is 8.93. The summed E-state index contributed by atoms with van der Waals surface area (Å²) in [6, 6.07) is 8.78. The molecular weight excluding hydrogens is 345 g/mol. The third kappa shape index (κ3) is 3.02. The molecule has 5 heteroatoms. The SMILES string of the molecule is Fc1ccc(C(Cl)c2cc(Cl)cc(Br)c2)cc1F. The lowest BCUT2D eigenvalue weighted by molar-refractivity contribution is 0.507. The van der Waals surface area contributed by atoms with Crippen molar-refractivity contribution >= 4 is 39.1 Å². The van der Waals surface area contributed by atoms with Crippen LogP contribution in [-0.2, 0) is 0 Å². The molecule has 0 aliphatic carbocycles. The summed E-state index contributed by atoms with van der Waals surface area (Å²) >= 11 is 15.4. The van der Waals surface area contributed by atoms with E-state index in [9.17, 15) is 8.78 Å². The van der Waals surface area contributed by atoms with E-state index in [4.69, 9.17) is 23.2 Å². The minimum Gasteiger partial charge on any atom is -0.204 e. The molecule has 0 saturated carbocycles. The molecule has 0 amide bonds. The van der Waals surface area contributed by atoms with Gasteiger partial charge in [-0.15, -0.1) is 11.6 Å². The lowest BCUT2D eigenvalue weighted by atomic mass is 10.0. The Hall–Kier alpha value is -0.640. The quantitative estimate of drug-likeness (QED) is 0.608. The van der Waals surface area contributed by atoms with Gasteiger partial charge in [0, 0.05) is 9.50 Å². The minimum absolute atomic E-state index is 0.477. The second kappa shape index (κ2) is 5.55. The Balaban J connectivity index is 2.40. The van der Waals surface area contributed by atoms with Gasteiger partial charge < -0.3 is 0 Å². The van der Waals surface area contributed by atoms with Gasteiger partial charge in [0.25, 0.3) is 0 Å². The standard InChI is InChI=1S/C13H7BrCl2F2/c14-9-3-8(4-10(15)6-9)13(16)7-1-2-11(17)12(18)5-7/h1-6,13H. The second-order valence-corrected chi connectivity index (χ2v) is 5.53. The average molecular weight is 352 g/mol. The molecule has 0 radical (unpaired) electrons. The van der Waals surface area contributed by atoms with Crippen molar-refractivity contribution in [3.05, 3.63) is 68.7 Å². The Kier molecular flexibility index (Phi) is 4.25. The summed E-state index contributed by atoms with van der Waals surface area (Å²) < 4.78 is 26.8. The maximum atomic E-state index is 13.1. The van der Waals surface area contributed by atoms with E-state index in [1.54, 1.807) is 18.2 Å². The van der Waals surface area contributed by atoms with Gasteiger partial charge in [-0.1, -0.05) is 33.6 Å². The van der Waals surface area contributed by atoms with E-state index < -0.39 is 17.0 Å². The summed E-state index contributed by atoms with van der Waals surface area (Å²) in [5.74, 6) is -1.81. The monoisotopic (exact) mass is 350 g/mol. The molecule has 0 spiro atoms. The molecule has 18 heavy (non-hydrogen) atoms. The zero-order chi connectivity index (χ0) is 13.3. The van der Waals surface area contributed by atoms with Crippen LogP contribution in [0, 0.1) is 11.6 Å². The van der Waals surface area contributed by atoms with E-state index in [0.717, 1.165) is 16.6 Å². The van der Waals surface area contributed by atoms with Crippen LogP contribution < -0.4 is 0 Å². The number of alkyl halides is 1. The van der Waals surface area contributed by atoms with E-state index in [-0.39, 0.29) is 0 Å². The van der Waals surface area contributed by atoms with E-state index in [0.29, 0.717) is 16.1 Å². The minimum atomic E-state index is -0.917. The maximum absolute atomic E-state index is 13.1. The largest absolute Gasteiger partial charge is 0.204 e. The van der Waals surface area contributed by atoms with E-state index in [2.05, 4.69) is 15.9 Å². The first-order chi connectivity index (χ1) is 8.47. The van der Waals surface area contributed by atoms with Gasteiger partial charge in [-0.05, 0) is 41.5 Å². The molecule has 0 aliphatic rings. The van der Waals surface area contributed by atoms with Crippen molar-refractivity contribution in [2.45, 2.75) is 5.38 Å². The van der Waals surface area contributed by atoms with Crippen molar-refractivity contribution in [3.8, 4) is 0 Å². The number of hydrogen-bond acceptors (Lipinski definition) is 0. The molecule has 2 aromatic carbocycles. The van der Waals surface area contributed by atoms with Gasteiger partial charge in [0.2, 0.25) is 0 Å². The number of halogens is 5. The van der Waals surface area contributed by atoms with Crippen molar-refractivity contribution in [1.29, 1.82) is 0 Å². The second-order valence-electron chi connectivity index (χ2n) is 3.74. The summed E-state index contributed by atoms with van der Waals surface area (Å²) in [6.45, 7) is 0. The molecule has 94 valence electrons. The van der Waals surface area contributed by atoms with Crippen molar-refractivity contribution in [2.75, 3.05) is 0 Å². The Morgan fingerprint density at radius 2 is 1.67 bits per heavy atom. The zero-order valence-corrected chi connectivity index (χ0v) is 12.0. The number of benzene rings is 2. The molecule has 1 atom stereocenters. The number of hydrogen-bond donors (Lipinski definition) is 0. The first kappa shape index (κ1) is 13.8. The van der Waals surface area contributed by atoms with Crippen LogP contribution >= 0.6 is 39.1 Å². The predicted octanol–water partition coefficient (Wildman–Crippen LogP) is 5.71. The molecular formula is C13H7BrCl2F2. The molecule has 0 N–H and O–H groups in total. The summed E-state index contributed by atoms with van der Waals surface area (Å²) in [7, 11) is 0. The van der Waals surface area contributed by atoms with Gasteiger partial charge in [0.05, 0.1) is 5.38 Å². The first-order valence-corrected chi connectivity index (χ1v) is 6.63. The highest BCUT2D eigenvalue weighted by molar-refractivity contribution is 9.10. The van der Waals surface area contributed by atoms with Gasteiger partial charge in [-0.25, -0.2) is 8.78 Å². The highest BCUT2D eigenvalue weighted by atomic mass is 79.9. The lowest BCUT2D eigenvalue weighted by Crippen LogP contribution is -1.96. The van der Waals surface area contributed by atoms with Crippen molar-refractivity contribution < 1.29 is 8.78 Å². The van der Waals surface area contributed by atoms with Crippen LogP contribution in [0.5, 0.6) is 0 Å². The molecule has 0 bridgehead atoms. The van der Waals surface area contributed by atoms with Crippen LogP contribution in [0.4, 0.5) is 8.78 Å². The highest BCUT2D eigenvalue weighted by Gasteiger charge is 2.14. The van der Waals surface area contributed by atoms with Crippen LogP contribution in [0.2, 0.25) is 5.02 Å². The lowest BCUT2D eigenvalue weighted by Gasteiger charge is -2.11. The Morgan fingerprint density at radius 3 is 2.28 bits per heavy atom. The molecule has 0 saturated heterocycles. The fourth-order valence-corrected chi connectivity index (χ4v) is 2.73. The van der Waals surface area contributed by atoms with Gasteiger partial charge in [0.1, 0.15) is 0 Å². The topological polar surface area (TPSA) is 0 Å². The summed E-state index contributed by atoms with van der Waals surface area (Å²) in [6.07, 6.45) is 0. The van der Waals surface area contributed by atoms with Crippen molar-refractivity contribution in [3.63, 3.8) is 0 Å². The van der Waals surface area contributed by atoms with E-state index >= 15 is 0 Å². The molecule has 0 fully saturated rings. The molecule has 0 aliphatic heterocycles. The van der Waals surface area contributed by atoms with Crippen molar-refractivity contribution in [2.24, 2.45) is 0 Å². The van der Waals surface area contributed by atoms with Gasteiger partial charge in [-0.3, -0.25) is 0 Å². The first-order valence-electron chi connectivity index (χ1n) is 5.02. The third-order valence-corrected chi connectivity index (χ3v) is 3.59. The van der Waals surface area contributed by atoms with Gasteiger partial charge in [-0.2, -0.15) is 0 Å². The maximum Gasteiger partial charge on any atom is 0.159 e. The van der Waals surface area contributed by atoms with Crippen LogP contribution in [0.15, 0.2) is 40.9 Å². The summed E-state index contributed by atoms with van der Waals surface area (Å²) in [5.41, 5.74) is 1.19. The smallest absolute Gasteiger partial charge is 0.159 e. The van der Waals surface area contributed by atoms with Crippen LogP contribution in [0.25, 0.3) is 0 Å².